The number of fused-ring (bicyclic) bond motifs is 1. The molecule has 7 rings (SSSR count). The predicted octanol–water partition coefficient (Wildman–Crippen LogP) is 5.31. The zero-order valence-electron chi connectivity index (χ0n) is 23.8. The van der Waals surface area contributed by atoms with Crippen molar-refractivity contribution in [1.29, 1.82) is 0 Å². The monoisotopic (exact) mass is 604 g/mol. The maximum absolute atomic E-state index is 11.8. The second kappa shape index (κ2) is 11.9. The summed E-state index contributed by atoms with van der Waals surface area (Å²) in [5, 5.41) is 3.16. The van der Waals surface area contributed by atoms with Gasteiger partial charge in [-0.25, -0.2) is 14.8 Å². The zero-order chi connectivity index (χ0) is 29.3. The molecule has 1 aromatic carbocycles. The number of nitrogens with zero attached hydrogens (tertiary/aromatic N) is 6. The van der Waals surface area contributed by atoms with Gasteiger partial charge in [-0.3, -0.25) is 5.32 Å². The van der Waals surface area contributed by atoms with E-state index in [0.717, 1.165) is 36.8 Å². The van der Waals surface area contributed by atoms with Gasteiger partial charge in [-0.15, -0.1) is 5.48 Å². The van der Waals surface area contributed by atoms with Gasteiger partial charge >= 0.3 is 6.09 Å². The van der Waals surface area contributed by atoms with Crippen molar-refractivity contribution in [2.75, 3.05) is 24.7 Å². The van der Waals surface area contributed by atoms with E-state index in [4.69, 9.17) is 40.9 Å². The van der Waals surface area contributed by atoms with Crippen LogP contribution in [0.1, 0.15) is 56.2 Å². The van der Waals surface area contributed by atoms with E-state index in [1.54, 1.807) is 12.1 Å². The van der Waals surface area contributed by atoms with E-state index in [1.165, 1.54) is 19.0 Å². The molecule has 3 aliphatic rings. The maximum atomic E-state index is 11.8. The summed E-state index contributed by atoms with van der Waals surface area (Å²) >= 11 is 6.10. The van der Waals surface area contributed by atoms with Crippen molar-refractivity contribution < 1.29 is 19.1 Å². The van der Waals surface area contributed by atoms with Crippen LogP contribution in [0.3, 0.4) is 0 Å². The van der Waals surface area contributed by atoms with Gasteiger partial charge in [-0.2, -0.15) is 9.97 Å². The van der Waals surface area contributed by atoms with E-state index in [0.29, 0.717) is 47.7 Å². The highest BCUT2D eigenvalue weighted by molar-refractivity contribution is 6.30. The van der Waals surface area contributed by atoms with Crippen LogP contribution >= 0.6 is 11.6 Å². The number of rotatable bonds is 7. The van der Waals surface area contributed by atoms with E-state index in [9.17, 15) is 4.79 Å². The number of anilines is 1. The summed E-state index contributed by atoms with van der Waals surface area (Å²) in [7, 11) is 0. The number of benzene rings is 1. The molecule has 224 valence electrons. The molecule has 2 N–H and O–H groups in total. The molecule has 0 radical (unpaired) electrons. The van der Waals surface area contributed by atoms with Gasteiger partial charge in [0.1, 0.15) is 0 Å². The van der Waals surface area contributed by atoms with Crippen LogP contribution in [-0.4, -0.2) is 50.4 Å². The van der Waals surface area contributed by atoms with E-state index >= 15 is 0 Å². The summed E-state index contributed by atoms with van der Waals surface area (Å²) in [6, 6.07) is 13.7. The molecule has 1 unspecified atom stereocenters. The molecule has 43 heavy (non-hydrogen) atoms. The molecular formula is C30H33ClN8O4. The fourth-order valence-corrected chi connectivity index (χ4v) is 6.20. The van der Waals surface area contributed by atoms with Crippen molar-refractivity contribution >= 4 is 34.8 Å². The van der Waals surface area contributed by atoms with Crippen LogP contribution in [0.15, 0.2) is 48.7 Å². The molecular weight excluding hydrogens is 572 g/mol. The normalized spacial score (nSPS) is 24.1. The van der Waals surface area contributed by atoms with Crippen molar-refractivity contribution in [1.82, 2.24) is 35.3 Å². The Morgan fingerprint density at radius 1 is 1.07 bits per heavy atom. The number of halogens is 1. The second-order valence-electron chi connectivity index (χ2n) is 11.4. The van der Waals surface area contributed by atoms with Gasteiger partial charge in [0.2, 0.25) is 11.8 Å². The smallest absolute Gasteiger partial charge is 0.418 e. The van der Waals surface area contributed by atoms with Gasteiger partial charge in [-0.05, 0) is 36.3 Å². The van der Waals surface area contributed by atoms with E-state index in [2.05, 4.69) is 44.3 Å². The second-order valence-corrected chi connectivity index (χ2v) is 11.8. The van der Waals surface area contributed by atoms with Crippen molar-refractivity contribution in [3.05, 3.63) is 65.1 Å². The number of nitrogens with one attached hydrogen (secondary N) is 2. The van der Waals surface area contributed by atoms with E-state index < -0.39 is 12.3 Å². The summed E-state index contributed by atoms with van der Waals surface area (Å²) in [6.07, 6.45) is 4.79. The standard InChI is InChI=1S/C30H33ClN8O4/c1-18-7-9-19(10-8-18)16-39-24-25(35-29(39)38-13-14-41-17-22(38)20-5-3-2-4-6-20)33-26(27-36-30(40)43-37-27)34-28(24)42-23-12-11-21(31)15-32-23/h2-6,11-12,15,18-19,22,27,37H,7-10,13-14,16-17H2,1H3,(H,36,40)/t18?,19?,22-,27?/m0/s1. The molecule has 1 saturated carbocycles. The Morgan fingerprint density at radius 2 is 1.91 bits per heavy atom. The lowest BCUT2D eigenvalue weighted by molar-refractivity contribution is 0.0927. The van der Waals surface area contributed by atoms with E-state index in [-0.39, 0.29) is 17.7 Å². The first kappa shape index (κ1) is 27.8. The highest BCUT2D eigenvalue weighted by Gasteiger charge is 2.34. The molecule has 3 fully saturated rings. The molecule has 2 atom stereocenters. The Balaban J connectivity index is 1.38. The molecule has 0 spiro atoms. The minimum Gasteiger partial charge on any atom is -0.418 e. The molecule has 1 amide bonds. The Bertz CT molecular complexity index is 1590. The number of hydrogen-bond donors (Lipinski definition) is 2. The minimum absolute atomic E-state index is 0.0317. The third-order valence-electron chi connectivity index (χ3n) is 8.41. The van der Waals surface area contributed by atoms with Gasteiger partial charge in [0, 0.05) is 25.4 Å². The number of hydroxylamine groups is 1. The SMILES string of the molecule is CC1CCC(Cn2c(N3CCOC[C@H]3c3ccccc3)nc3nc(C4NOC(=O)N4)nc(Oc4ccc(Cl)cn4)c32)CC1. The fourth-order valence-electron chi connectivity index (χ4n) is 6.09. The lowest BCUT2D eigenvalue weighted by atomic mass is 9.83. The van der Waals surface area contributed by atoms with Gasteiger partial charge in [0.15, 0.2) is 23.2 Å². The van der Waals surface area contributed by atoms with Gasteiger partial charge in [0.05, 0.1) is 24.3 Å². The molecule has 2 aliphatic heterocycles. The number of hydrogen-bond acceptors (Lipinski definition) is 10. The largest absolute Gasteiger partial charge is 0.427 e. The van der Waals surface area contributed by atoms with Crippen molar-refractivity contribution in [3.63, 3.8) is 0 Å². The number of morpholine rings is 1. The van der Waals surface area contributed by atoms with Crippen LogP contribution in [-0.2, 0) is 16.1 Å². The summed E-state index contributed by atoms with van der Waals surface area (Å²) in [5.41, 5.74) is 4.90. The molecule has 13 heteroatoms. The molecule has 4 aromatic rings. The Kier molecular flexibility index (Phi) is 7.72. The van der Waals surface area contributed by atoms with Crippen LogP contribution in [0.4, 0.5) is 10.7 Å². The first-order valence-corrected chi connectivity index (χ1v) is 15.1. The van der Waals surface area contributed by atoms with Crippen LogP contribution in [0.25, 0.3) is 11.2 Å². The molecule has 12 nitrogen and oxygen atoms in total. The number of carbonyl (C=O) groups excluding carboxylic acids is 1. The van der Waals surface area contributed by atoms with Gasteiger partial charge in [0.25, 0.3) is 5.88 Å². The zero-order valence-corrected chi connectivity index (χ0v) is 24.5. The summed E-state index contributed by atoms with van der Waals surface area (Å²) in [4.78, 5) is 38.1. The average molecular weight is 605 g/mol. The number of amides is 1. The Labute approximate surface area is 253 Å². The third kappa shape index (κ3) is 5.82. The number of carbonyl (C=O) groups is 1. The van der Waals surface area contributed by atoms with Crippen LogP contribution < -0.4 is 20.4 Å². The molecule has 0 bridgehead atoms. The fraction of sp³-hybridized carbons (Fsp3) is 0.433. The molecule has 1 aliphatic carbocycles. The topological polar surface area (TPSA) is 129 Å². The maximum Gasteiger partial charge on any atom is 0.427 e. The highest BCUT2D eigenvalue weighted by Crippen LogP contribution is 2.38. The summed E-state index contributed by atoms with van der Waals surface area (Å²) in [5.74, 6) is 2.84. The van der Waals surface area contributed by atoms with Gasteiger partial charge in [-0.1, -0.05) is 61.7 Å². The van der Waals surface area contributed by atoms with Crippen molar-refractivity contribution in [3.8, 4) is 11.8 Å². The summed E-state index contributed by atoms with van der Waals surface area (Å²) in [6.45, 7) is 4.85. The van der Waals surface area contributed by atoms with Crippen LogP contribution in [0.2, 0.25) is 5.02 Å². The van der Waals surface area contributed by atoms with Gasteiger partial charge < -0.3 is 23.8 Å². The number of pyridine rings is 1. The minimum atomic E-state index is -0.772. The van der Waals surface area contributed by atoms with Crippen LogP contribution in [0, 0.1) is 11.8 Å². The Hall–Kier alpha value is -4.00. The number of imidazole rings is 1. The van der Waals surface area contributed by atoms with E-state index in [1.807, 2.05) is 18.2 Å². The predicted molar refractivity (Wildman–Crippen MR) is 159 cm³/mol. The summed E-state index contributed by atoms with van der Waals surface area (Å²) < 4.78 is 14.5. The lowest BCUT2D eigenvalue weighted by Crippen LogP contribution is -2.41. The number of aromatic nitrogens is 5. The average Bonchev–Trinajstić information content (AvgIpc) is 3.63. The molecule has 3 aromatic heterocycles. The molecule has 2 saturated heterocycles. The van der Waals surface area contributed by atoms with Crippen LogP contribution in [0.5, 0.6) is 11.8 Å². The first-order valence-electron chi connectivity index (χ1n) is 14.7. The third-order valence-corrected chi connectivity index (χ3v) is 8.63. The first-order chi connectivity index (χ1) is 21.0. The van der Waals surface area contributed by atoms with Crippen molar-refractivity contribution in [2.24, 2.45) is 11.8 Å². The lowest BCUT2D eigenvalue weighted by Gasteiger charge is -2.37. The molecule has 5 heterocycles. The quantitative estimate of drug-likeness (QED) is 0.286. The number of ether oxygens (including phenoxy) is 2. The Morgan fingerprint density at radius 3 is 2.65 bits per heavy atom. The highest BCUT2D eigenvalue weighted by atomic mass is 35.5. The van der Waals surface area contributed by atoms with Crippen molar-refractivity contribution in [2.45, 2.75) is 51.4 Å².